The second kappa shape index (κ2) is 7.22. The molecular weight excluding hydrogens is 361 g/mol. The molecule has 0 atom stereocenters. The maximum Gasteiger partial charge on any atom is 0.325 e. The molecule has 1 aromatic carbocycles. The summed E-state index contributed by atoms with van der Waals surface area (Å²) >= 11 is 0. The van der Waals surface area contributed by atoms with Gasteiger partial charge in [0.05, 0.1) is 12.2 Å². The summed E-state index contributed by atoms with van der Waals surface area (Å²) < 4.78 is 15.9. The van der Waals surface area contributed by atoms with Gasteiger partial charge in [0.2, 0.25) is 0 Å². The number of aryl methyl sites for hydroxylation is 1. The van der Waals surface area contributed by atoms with Gasteiger partial charge < -0.3 is 9.88 Å². The molecule has 6 nitrogen and oxygen atoms in total. The summed E-state index contributed by atoms with van der Waals surface area (Å²) in [5.74, 6) is -1.13. The number of carbonyl (C=O) groups is 3. The van der Waals surface area contributed by atoms with Crippen molar-refractivity contribution in [3.05, 3.63) is 53.1 Å². The Balaban J connectivity index is 1.91. The first-order valence-electron chi connectivity index (χ1n) is 9.37. The number of para-hydroxylation sites is 1. The molecule has 1 N–H and O–H groups in total. The Hall–Kier alpha value is -2.96. The van der Waals surface area contributed by atoms with Crippen LogP contribution in [0.3, 0.4) is 0 Å². The lowest BCUT2D eigenvalue weighted by molar-refractivity contribution is -0.131. The summed E-state index contributed by atoms with van der Waals surface area (Å²) in [5.41, 5.74) is 1.03. The van der Waals surface area contributed by atoms with E-state index < -0.39 is 17.4 Å². The Labute approximate surface area is 163 Å². The number of hydrogen-bond acceptors (Lipinski definition) is 3. The van der Waals surface area contributed by atoms with Gasteiger partial charge in [-0.15, -0.1) is 0 Å². The van der Waals surface area contributed by atoms with Crippen molar-refractivity contribution >= 4 is 17.7 Å². The van der Waals surface area contributed by atoms with Crippen LogP contribution in [0.1, 0.15) is 48.4 Å². The molecule has 1 aromatic heterocycles. The number of rotatable bonds is 6. The third-order valence-corrected chi connectivity index (χ3v) is 5.58. The molecule has 0 saturated carbocycles. The van der Waals surface area contributed by atoms with Crippen LogP contribution in [0, 0.1) is 19.7 Å². The van der Waals surface area contributed by atoms with Gasteiger partial charge in [0.1, 0.15) is 11.4 Å². The standard InChI is InChI=1S/C21H24FN3O3/c1-5-21(6-2)19(27)24(20(28)23-21)12-18(26)15-11-13(3)25(14(15)4)17-10-8-7-9-16(17)22/h7-11H,5-6,12H2,1-4H3,(H,23,28). The highest BCUT2D eigenvalue weighted by Gasteiger charge is 2.49. The molecule has 1 fully saturated rings. The van der Waals surface area contributed by atoms with E-state index in [2.05, 4.69) is 5.32 Å². The summed E-state index contributed by atoms with van der Waals surface area (Å²) in [7, 11) is 0. The summed E-state index contributed by atoms with van der Waals surface area (Å²) in [6.07, 6.45) is 0.918. The van der Waals surface area contributed by atoms with E-state index in [1.54, 1.807) is 42.7 Å². The molecule has 2 aromatic rings. The van der Waals surface area contributed by atoms with Crippen LogP contribution in [-0.2, 0) is 4.79 Å². The largest absolute Gasteiger partial charge is 0.325 e. The zero-order valence-corrected chi connectivity index (χ0v) is 16.5. The maximum absolute atomic E-state index is 14.2. The SMILES string of the molecule is CCC1(CC)NC(=O)N(CC(=O)c2cc(C)n(-c3ccccc3F)c2C)C1=O. The Bertz CT molecular complexity index is 960. The number of aromatic nitrogens is 1. The van der Waals surface area contributed by atoms with Crippen molar-refractivity contribution in [3.63, 3.8) is 0 Å². The van der Waals surface area contributed by atoms with Crippen molar-refractivity contribution in [2.45, 2.75) is 46.1 Å². The van der Waals surface area contributed by atoms with E-state index in [4.69, 9.17) is 0 Å². The van der Waals surface area contributed by atoms with Crippen LogP contribution in [0.2, 0.25) is 0 Å². The first-order chi connectivity index (χ1) is 13.3. The fourth-order valence-electron chi connectivity index (χ4n) is 3.83. The Morgan fingerprint density at radius 2 is 1.79 bits per heavy atom. The van der Waals surface area contributed by atoms with Gasteiger partial charge in [0.15, 0.2) is 5.78 Å². The molecule has 28 heavy (non-hydrogen) atoms. The van der Waals surface area contributed by atoms with Crippen molar-refractivity contribution in [1.29, 1.82) is 0 Å². The van der Waals surface area contributed by atoms with E-state index in [1.807, 2.05) is 13.8 Å². The van der Waals surface area contributed by atoms with Gasteiger partial charge in [-0.1, -0.05) is 26.0 Å². The van der Waals surface area contributed by atoms with Crippen LogP contribution in [0.5, 0.6) is 0 Å². The molecule has 3 rings (SSSR count). The molecule has 7 heteroatoms. The van der Waals surface area contributed by atoms with E-state index in [0.29, 0.717) is 35.5 Å². The van der Waals surface area contributed by atoms with Crippen LogP contribution >= 0.6 is 0 Å². The fourth-order valence-corrected chi connectivity index (χ4v) is 3.83. The van der Waals surface area contributed by atoms with E-state index >= 15 is 0 Å². The van der Waals surface area contributed by atoms with E-state index in [-0.39, 0.29) is 18.2 Å². The molecule has 2 heterocycles. The van der Waals surface area contributed by atoms with Crippen LogP contribution < -0.4 is 5.32 Å². The average Bonchev–Trinajstić information content (AvgIpc) is 3.10. The van der Waals surface area contributed by atoms with Crippen molar-refractivity contribution in [2.75, 3.05) is 6.54 Å². The van der Waals surface area contributed by atoms with Crippen LogP contribution in [0.25, 0.3) is 5.69 Å². The molecule has 0 bridgehead atoms. The maximum atomic E-state index is 14.2. The Morgan fingerprint density at radius 3 is 2.36 bits per heavy atom. The zero-order chi connectivity index (χ0) is 20.6. The lowest BCUT2D eigenvalue weighted by atomic mass is 9.93. The molecule has 0 aliphatic carbocycles. The summed E-state index contributed by atoms with van der Waals surface area (Å²) in [4.78, 5) is 38.9. The first kappa shape index (κ1) is 19.8. The normalized spacial score (nSPS) is 15.8. The highest BCUT2D eigenvalue weighted by molar-refractivity contribution is 6.11. The number of carbonyl (C=O) groups excluding carboxylic acids is 3. The van der Waals surface area contributed by atoms with E-state index in [9.17, 15) is 18.8 Å². The first-order valence-corrected chi connectivity index (χ1v) is 9.37. The van der Waals surface area contributed by atoms with Gasteiger partial charge >= 0.3 is 6.03 Å². The minimum absolute atomic E-state index is 0.339. The molecule has 3 amide bonds. The zero-order valence-electron chi connectivity index (χ0n) is 16.5. The fraction of sp³-hybridized carbons (Fsp3) is 0.381. The van der Waals surface area contributed by atoms with E-state index in [0.717, 1.165) is 4.90 Å². The molecule has 1 aliphatic rings. The third kappa shape index (κ3) is 3.00. The summed E-state index contributed by atoms with van der Waals surface area (Å²) in [5, 5.41) is 2.72. The predicted molar refractivity (Wildman–Crippen MR) is 103 cm³/mol. The number of ketones is 1. The minimum Gasteiger partial charge on any atom is -0.323 e. The van der Waals surface area contributed by atoms with Gasteiger partial charge in [0.25, 0.3) is 5.91 Å². The van der Waals surface area contributed by atoms with Crippen LogP contribution in [0.4, 0.5) is 9.18 Å². The molecule has 0 spiro atoms. The van der Waals surface area contributed by atoms with Crippen molar-refractivity contribution in [1.82, 2.24) is 14.8 Å². The van der Waals surface area contributed by atoms with Crippen molar-refractivity contribution in [2.24, 2.45) is 0 Å². The summed E-state index contributed by atoms with van der Waals surface area (Å²) in [6.45, 7) is 6.82. The third-order valence-electron chi connectivity index (χ3n) is 5.58. The number of benzene rings is 1. The van der Waals surface area contributed by atoms with Gasteiger partial charge in [-0.3, -0.25) is 14.5 Å². The lowest BCUT2D eigenvalue weighted by Crippen LogP contribution is -2.46. The smallest absolute Gasteiger partial charge is 0.323 e. The lowest BCUT2D eigenvalue weighted by Gasteiger charge is -2.22. The molecule has 0 radical (unpaired) electrons. The van der Waals surface area contributed by atoms with Gasteiger partial charge in [-0.2, -0.15) is 0 Å². The number of nitrogens with zero attached hydrogens (tertiary/aromatic N) is 2. The Kier molecular flexibility index (Phi) is 5.10. The second-order valence-corrected chi connectivity index (χ2v) is 7.11. The Morgan fingerprint density at radius 1 is 1.14 bits per heavy atom. The minimum atomic E-state index is -0.943. The number of urea groups is 1. The summed E-state index contributed by atoms with van der Waals surface area (Å²) in [6, 6.07) is 7.43. The number of imide groups is 1. The highest BCUT2D eigenvalue weighted by Crippen LogP contribution is 2.27. The van der Waals surface area contributed by atoms with E-state index in [1.165, 1.54) is 6.07 Å². The van der Waals surface area contributed by atoms with Crippen molar-refractivity contribution < 1.29 is 18.8 Å². The van der Waals surface area contributed by atoms with Gasteiger partial charge in [0, 0.05) is 17.0 Å². The predicted octanol–water partition coefficient (Wildman–Crippen LogP) is 3.53. The molecule has 1 saturated heterocycles. The van der Waals surface area contributed by atoms with Crippen molar-refractivity contribution in [3.8, 4) is 5.69 Å². The number of nitrogens with one attached hydrogen (secondary N) is 1. The van der Waals surface area contributed by atoms with Crippen LogP contribution in [0.15, 0.2) is 30.3 Å². The number of halogens is 1. The second-order valence-electron chi connectivity index (χ2n) is 7.11. The molecular formula is C21H24FN3O3. The number of Topliss-reactive ketones (excluding diaryl/α,β-unsaturated/α-hetero) is 1. The number of hydrogen-bond donors (Lipinski definition) is 1. The quantitative estimate of drug-likeness (QED) is 0.611. The number of amides is 3. The van der Waals surface area contributed by atoms with Crippen LogP contribution in [-0.4, -0.2) is 39.3 Å². The van der Waals surface area contributed by atoms with Gasteiger partial charge in [-0.25, -0.2) is 9.18 Å². The highest BCUT2D eigenvalue weighted by atomic mass is 19.1. The molecule has 148 valence electrons. The molecule has 1 aliphatic heterocycles. The monoisotopic (exact) mass is 385 g/mol. The average molecular weight is 385 g/mol. The topological polar surface area (TPSA) is 71.4 Å². The molecule has 0 unspecified atom stereocenters. The van der Waals surface area contributed by atoms with Gasteiger partial charge in [-0.05, 0) is 44.9 Å².